The Balaban J connectivity index is 4.23. The minimum absolute atomic E-state index is 0.0314. The summed E-state index contributed by atoms with van der Waals surface area (Å²) in [6.07, 6.45) is -4.76. The second kappa shape index (κ2) is 5.72. The summed E-state index contributed by atoms with van der Waals surface area (Å²) in [5, 5.41) is 10.3. The largest absolute Gasteiger partial charge is 0.481 e. The fraction of sp³-hybridized carbons (Fsp3) is 0.778. The van der Waals surface area contributed by atoms with Crippen LogP contribution in [0.5, 0.6) is 0 Å². The van der Waals surface area contributed by atoms with Crippen LogP contribution >= 0.6 is 0 Å². The molecule has 94 valence electrons. The number of carbonyl (C=O) groups excluding carboxylic acids is 1. The highest BCUT2D eigenvalue weighted by Crippen LogP contribution is 2.15. The van der Waals surface area contributed by atoms with Gasteiger partial charge in [0.2, 0.25) is 0 Å². The molecule has 0 radical (unpaired) electrons. The van der Waals surface area contributed by atoms with Gasteiger partial charge < -0.3 is 10.4 Å². The quantitative estimate of drug-likeness (QED) is 0.764. The van der Waals surface area contributed by atoms with Crippen molar-refractivity contribution < 1.29 is 27.9 Å². The number of halogens is 3. The van der Waals surface area contributed by atoms with Gasteiger partial charge in [-0.3, -0.25) is 9.59 Å². The highest BCUT2D eigenvalue weighted by atomic mass is 19.4. The van der Waals surface area contributed by atoms with Gasteiger partial charge in [0, 0.05) is 6.54 Å². The molecule has 4 nitrogen and oxygen atoms in total. The van der Waals surface area contributed by atoms with E-state index in [1.165, 1.54) is 0 Å². The number of rotatable bonds is 5. The van der Waals surface area contributed by atoms with Crippen LogP contribution < -0.4 is 5.32 Å². The van der Waals surface area contributed by atoms with Gasteiger partial charge >= 0.3 is 18.1 Å². The predicted octanol–water partition coefficient (Wildman–Crippen LogP) is 1.41. The van der Waals surface area contributed by atoms with Crippen LogP contribution in [0.3, 0.4) is 0 Å². The van der Waals surface area contributed by atoms with Gasteiger partial charge in [-0.2, -0.15) is 13.2 Å². The Morgan fingerprint density at radius 3 is 2.12 bits per heavy atom. The molecular formula is C9H14F3NO3. The first-order valence-electron chi connectivity index (χ1n) is 4.72. The summed E-state index contributed by atoms with van der Waals surface area (Å²) in [6, 6.07) is 0. The highest BCUT2D eigenvalue weighted by molar-refractivity contribution is 5.82. The number of carbonyl (C=O) groups is 2. The summed E-state index contributed by atoms with van der Waals surface area (Å²) in [4.78, 5) is 21.1. The molecule has 0 saturated carbocycles. The molecule has 0 spiro atoms. The van der Waals surface area contributed by atoms with Crippen LogP contribution in [0.1, 0.15) is 20.3 Å². The molecular weight excluding hydrogens is 227 g/mol. The predicted molar refractivity (Wildman–Crippen MR) is 49.6 cm³/mol. The lowest BCUT2D eigenvalue weighted by molar-refractivity contribution is -0.174. The molecule has 0 aromatic rings. The number of aliphatic carboxylic acids is 1. The first-order valence-corrected chi connectivity index (χ1v) is 4.72. The van der Waals surface area contributed by atoms with Gasteiger partial charge in [-0.1, -0.05) is 13.8 Å². The van der Waals surface area contributed by atoms with Gasteiger partial charge in [0.15, 0.2) is 0 Å². The SMILES string of the molecule is CC(C)CC(CNC(=O)C(F)(F)F)C(=O)O. The molecule has 0 heterocycles. The first-order chi connectivity index (χ1) is 7.14. The molecule has 0 aliphatic rings. The van der Waals surface area contributed by atoms with Gasteiger partial charge in [-0.25, -0.2) is 0 Å². The molecule has 0 aromatic carbocycles. The van der Waals surface area contributed by atoms with Crippen molar-refractivity contribution in [1.82, 2.24) is 5.32 Å². The first kappa shape index (κ1) is 14.7. The van der Waals surface area contributed by atoms with Crippen molar-refractivity contribution in [3.8, 4) is 0 Å². The van der Waals surface area contributed by atoms with E-state index in [4.69, 9.17) is 5.11 Å². The third-order valence-electron chi connectivity index (χ3n) is 1.87. The van der Waals surface area contributed by atoms with Gasteiger partial charge in [0.05, 0.1) is 5.92 Å². The average Bonchev–Trinajstić information content (AvgIpc) is 2.08. The fourth-order valence-corrected chi connectivity index (χ4v) is 1.16. The second-order valence-corrected chi connectivity index (χ2v) is 3.87. The van der Waals surface area contributed by atoms with Crippen molar-refractivity contribution in [3.63, 3.8) is 0 Å². The van der Waals surface area contributed by atoms with Crippen LogP contribution in [-0.4, -0.2) is 29.7 Å². The molecule has 0 aliphatic carbocycles. The highest BCUT2D eigenvalue weighted by Gasteiger charge is 2.39. The molecule has 16 heavy (non-hydrogen) atoms. The van der Waals surface area contributed by atoms with Crippen LogP contribution in [0.25, 0.3) is 0 Å². The van der Waals surface area contributed by atoms with E-state index in [2.05, 4.69) is 0 Å². The number of carboxylic acid groups (broad SMARTS) is 1. The second-order valence-electron chi connectivity index (χ2n) is 3.87. The lowest BCUT2D eigenvalue weighted by Crippen LogP contribution is -2.41. The summed E-state index contributed by atoms with van der Waals surface area (Å²) in [5.41, 5.74) is 0. The third-order valence-corrected chi connectivity index (χ3v) is 1.87. The van der Waals surface area contributed by atoms with E-state index in [1.807, 2.05) is 0 Å². The Morgan fingerprint density at radius 1 is 1.31 bits per heavy atom. The third kappa shape index (κ3) is 5.57. The topological polar surface area (TPSA) is 66.4 Å². The molecule has 0 bridgehead atoms. The van der Waals surface area contributed by atoms with Crippen LogP contribution in [-0.2, 0) is 9.59 Å². The van der Waals surface area contributed by atoms with Crippen molar-refractivity contribution in [2.75, 3.05) is 6.54 Å². The zero-order chi connectivity index (χ0) is 12.9. The lowest BCUT2D eigenvalue weighted by Gasteiger charge is -2.15. The minimum atomic E-state index is -4.97. The molecule has 0 saturated heterocycles. The molecule has 0 rings (SSSR count). The van der Waals surface area contributed by atoms with Gasteiger partial charge in [0.25, 0.3) is 0 Å². The smallest absolute Gasteiger partial charge is 0.471 e. The van der Waals surface area contributed by atoms with Crippen molar-refractivity contribution in [3.05, 3.63) is 0 Å². The molecule has 1 unspecified atom stereocenters. The van der Waals surface area contributed by atoms with E-state index in [-0.39, 0.29) is 12.3 Å². The zero-order valence-electron chi connectivity index (χ0n) is 8.97. The fourth-order valence-electron chi connectivity index (χ4n) is 1.16. The van der Waals surface area contributed by atoms with E-state index in [9.17, 15) is 22.8 Å². The lowest BCUT2D eigenvalue weighted by atomic mass is 9.97. The minimum Gasteiger partial charge on any atom is -0.481 e. The normalized spacial score (nSPS) is 13.6. The Kier molecular flexibility index (Phi) is 5.26. The number of amides is 1. The number of carboxylic acids is 1. The Morgan fingerprint density at radius 2 is 1.81 bits per heavy atom. The van der Waals surface area contributed by atoms with E-state index < -0.39 is 30.5 Å². The molecule has 7 heteroatoms. The standard InChI is InChI=1S/C9H14F3NO3/c1-5(2)3-6(7(14)15)4-13-8(16)9(10,11)12/h5-6H,3-4H2,1-2H3,(H,13,16)(H,14,15). The van der Waals surface area contributed by atoms with Crippen molar-refractivity contribution in [2.24, 2.45) is 11.8 Å². The molecule has 0 aromatic heterocycles. The summed E-state index contributed by atoms with van der Waals surface area (Å²) in [6.45, 7) is 2.99. The maximum Gasteiger partial charge on any atom is 0.471 e. The number of hydrogen-bond donors (Lipinski definition) is 2. The van der Waals surface area contributed by atoms with E-state index in [0.717, 1.165) is 0 Å². The average molecular weight is 241 g/mol. The van der Waals surface area contributed by atoms with Crippen LogP contribution in [0.4, 0.5) is 13.2 Å². The Bertz CT molecular complexity index is 263. The van der Waals surface area contributed by atoms with E-state index >= 15 is 0 Å². The maximum atomic E-state index is 11.8. The maximum absolute atomic E-state index is 11.8. The summed E-state index contributed by atoms with van der Waals surface area (Å²) < 4.78 is 35.4. The number of alkyl halides is 3. The van der Waals surface area contributed by atoms with E-state index in [0.29, 0.717) is 0 Å². The molecule has 1 amide bonds. The summed E-state index contributed by atoms with van der Waals surface area (Å²) >= 11 is 0. The van der Waals surface area contributed by atoms with Crippen LogP contribution in [0, 0.1) is 11.8 Å². The Hall–Kier alpha value is -1.27. The molecule has 0 fully saturated rings. The van der Waals surface area contributed by atoms with Gasteiger partial charge in [-0.15, -0.1) is 0 Å². The zero-order valence-corrected chi connectivity index (χ0v) is 8.97. The van der Waals surface area contributed by atoms with Crippen molar-refractivity contribution in [1.29, 1.82) is 0 Å². The van der Waals surface area contributed by atoms with Gasteiger partial charge in [0.1, 0.15) is 0 Å². The van der Waals surface area contributed by atoms with E-state index in [1.54, 1.807) is 19.2 Å². The van der Waals surface area contributed by atoms with Crippen molar-refractivity contribution >= 4 is 11.9 Å². The molecule has 0 aliphatic heterocycles. The van der Waals surface area contributed by atoms with Crippen LogP contribution in [0.15, 0.2) is 0 Å². The van der Waals surface area contributed by atoms with Crippen molar-refractivity contribution in [2.45, 2.75) is 26.4 Å². The van der Waals surface area contributed by atoms with Gasteiger partial charge in [-0.05, 0) is 12.3 Å². The summed E-state index contributed by atoms with van der Waals surface area (Å²) in [7, 11) is 0. The number of hydrogen-bond acceptors (Lipinski definition) is 2. The Labute approximate surface area is 90.8 Å². The summed E-state index contributed by atoms with van der Waals surface area (Å²) in [5.74, 6) is -4.28. The molecule has 2 N–H and O–H groups in total. The monoisotopic (exact) mass is 241 g/mol. The number of nitrogens with one attached hydrogen (secondary N) is 1. The molecule has 1 atom stereocenters. The van der Waals surface area contributed by atoms with Crippen LogP contribution in [0.2, 0.25) is 0 Å².